The lowest BCUT2D eigenvalue weighted by Gasteiger charge is -2.32. The van der Waals surface area contributed by atoms with Gasteiger partial charge in [0, 0.05) is 18.6 Å². The van der Waals surface area contributed by atoms with Gasteiger partial charge in [0.05, 0.1) is 0 Å². The predicted octanol–water partition coefficient (Wildman–Crippen LogP) is 3.82. The van der Waals surface area contributed by atoms with Crippen LogP contribution in [0.3, 0.4) is 0 Å². The highest BCUT2D eigenvalue weighted by Crippen LogP contribution is 2.34. The fourth-order valence-corrected chi connectivity index (χ4v) is 1.87. The number of rotatable bonds is 7. The smallest absolute Gasteiger partial charge is 0.229 e. The van der Waals surface area contributed by atoms with E-state index in [-0.39, 0.29) is 5.41 Å². The zero-order valence-corrected chi connectivity index (χ0v) is 11.3. The Morgan fingerprint density at radius 3 is 2.00 bits per heavy atom. The van der Waals surface area contributed by atoms with Crippen molar-refractivity contribution in [3.63, 3.8) is 0 Å². The van der Waals surface area contributed by atoms with Gasteiger partial charge in [0.1, 0.15) is 0 Å². The molecule has 0 N–H and O–H groups in total. The van der Waals surface area contributed by atoms with E-state index >= 15 is 0 Å². The van der Waals surface area contributed by atoms with Gasteiger partial charge in [-0.1, -0.05) is 44.2 Å². The molecule has 0 aromatic heterocycles. The molecule has 1 radical (unpaired) electrons. The SMILES string of the molecule is CCO[C](OCC)C(C)(C)Cc1ccccc1. The summed E-state index contributed by atoms with van der Waals surface area (Å²) in [6.45, 7) is 9.57. The van der Waals surface area contributed by atoms with E-state index in [0.717, 1.165) is 12.7 Å². The molecule has 0 heterocycles. The predicted molar refractivity (Wildman–Crippen MR) is 70.4 cm³/mol. The molecule has 0 aliphatic carbocycles. The van der Waals surface area contributed by atoms with Crippen LogP contribution in [0.5, 0.6) is 0 Å². The maximum Gasteiger partial charge on any atom is 0.229 e. The zero-order valence-electron chi connectivity index (χ0n) is 11.3. The molecule has 2 heteroatoms. The zero-order chi connectivity index (χ0) is 12.7. The van der Waals surface area contributed by atoms with Crippen LogP contribution < -0.4 is 0 Å². The Morgan fingerprint density at radius 1 is 1.00 bits per heavy atom. The lowest BCUT2D eigenvalue weighted by molar-refractivity contribution is -0.0948. The summed E-state index contributed by atoms with van der Waals surface area (Å²) in [6, 6.07) is 10.4. The molecule has 0 amide bonds. The van der Waals surface area contributed by atoms with Gasteiger partial charge in [-0.25, -0.2) is 0 Å². The van der Waals surface area contributed by atoms with E-state index < -0.39 is 0 Å². The number of benzene rings is 1. The van der Waals surface area contributed by atoms with Crippen LogP contribution in [0.25, 0.3) is 0 Å². The maximum atomic E-state index is 5.61. The van der Waals surface area contributed by atoms with E-state index in [9.17, 15) is 0 Å². The molecule has 95 valence electrons. The molecule has 0 saturated carbocycles. The number of hydrogen-bond donors (Lipinski definition) is 0. The summed E-state index contributed by atoms with van der Waals surface area (Å²) in [5, 5.41) is 0. The molecule has 0 saturated heterocycles. The minimum atomic E-state index is -0.104. The van der Waals surface area contributed by atoms with E-state index in [1.165, 1.54) is 5.56 Å². The van der Waals surface area contributed by atoms with Gasteiger partial charge in [-0.05, 0) is 25.8 Å². The van der Waals surface area contributed by atoms with Gasteiger partial charge in [0.2, 0.25) is 6.29 Å². The van der Waals surface area contributed by atoms with Crippen LogP contribution >= 0.6 is 0 Å². The molecule has 0 atom stereocenters. The summed E-state index contributed by atoms with van der Waals surface area (Å²) < 4.78 is 11.2. The van der Waals surface area contributed by atoms with Gasteiger partial charge in [-0.3, -0.25) is 0 Å². The maximum absolute atomic E-state index is 5.61. The van der Waals surface area contributed by atoms with Gasteiger partial charge < -0.3 is 9.47 Å². The molecule has 0 bridgehead atoms. The highest BCUT2D eigenvalue weighted by molar-refractivity contribution is 5.17. The number of hydrogen-bond acceptors (Lipinski definition) is 2. The van der Waals surface area contributed by atoms with Crippen LogP contribution in [0, 0.1) is 11.7 Å². The van der Waals surface area contributed by atoms with Gasteiger partial charge in [-0.2, -0.15) is 0 Å². The summed E-state index contributed by atoms with van der Waals surface area (Å²) in [5.41, 5.74) is 1.20. The molecule has 0 unspecified atom stereocenters. The normalized spacial score (nSPS) is 12.1. The molecular formula is C15H23O2. The van der Waals surface area contributed by atoms with Crippen LogP contribution in [-0.2, 0) is 15.9 Å². The fraction of sp³-hybridized carbons (Fsp3) is 0.533. The lowest BCUT2D eigenvalue weighted by Crippen LogP contribution is -2.29. The van der Waals surface area contributed by atoms with E-state index in [0.29, 0.717) is 13.2 Å². The lowest BCUT2D eigenvalue weighted by atomic mass is 9.85. The summed E-state index contributed by atoms with van der Waals surface area (Å²) >= 11 is 0. The van der Waals surface area contributed by atoms with Gasteiger partial charge >= 0.3 is 0 Å². The Balaban J connectivity index is 2.70. The van der Waals surface area contributed by atoms with Crippen molar-refractivity contribution in [2.24, 2.45) is 5.41 Å². The average molecular weight is 235 g/mol. The van der Waals surface area contributed by atoms with Gasteiger partial charge in [-0.15, -0.1) is 0 Å². The largest absolute Gasteiger partial charge is 0.345 e. The summed E-state index contributed by atoms with van der Waals surface area (Å²) in [6.07, 6.45) is 1.66. The van der Waals surface area contributed by atoms with Crippen molar-refractivity contribution in [2.75, 3.05) is 13.2 Å². The van der Waals surface area contributed by atoms with Gasteiger partial charge in [0.15, 0.2) is 0 Å². The first-order valence-corrected chi connectivity index (χ1v) is 6.27. The standard InChI is InChI=1S/C15H23O2/c1-5-16-14(17-6-2)15(3,4)12-13-10-8-7-9-11-13/h7-11H,5-6,12H2,1-4H3. The second-order valence-corrected chi connectivity index (χ2v) is 4.70. The second kappa shape index (κ2) is 6.77. The average Bonchev–Trinajstić information content (AvgIpc) is 2.29. The van der Waals surface area contributed by atoms with Crippen molar-refractivity contribution in [3.8, 4) is 0 Å². The minimum absolute atomic E-state index is 0.104. The summed E-state index contributed by atoms with van der Waals surface area (Å²) in [5.74, 6) is 0. The Bertz CT molecular complexity index is 300. The van der Waals surface area contributed by atoms with Crippen molar-refractivity contribution in [3.05, 3.63) is 42.2 Å². The van der Waals surface area contributed by atoms with Crippen molar-refractivity contribution in [2.45, 2.75) is 34.1 Å². The van der Waals surface area contributed by atoms with E-state index in [1.807, 2.05) is 19.9 Å². The van der Waals surface area contributed by atoms with Crippen molar-refractivity contribution >= 4 is 0 Å². The fourth-order valence-electron chi connectivity index (χ4n) is 1.87. The molecule has 0 spiro atoms. The van der Waals surface area contributed by atoms with Crippen molar-refractivity contribution in [1.29, 1.82) is 0 Å². The molecule has 17 heavy (non-hydrogen) atoms. The first-order valence-electron chi connectivity index (χ1n) is 6.27. The molecule has 1 aromatic rings. The second-order valence-electron chi connectivity index (χ2n) is 4.70. The third-order valence-corrected chi connectivity index (χ3v) is 2.59. The third-order valence-electron chi connectivity index (χ3n) is 2.59. The van der Waals surface area contributed by atoms with E-state index in [2.05, 4.69) is 38.1 Å². The van der Waals surface area contributed by atoms with Crippen LogP contribution in [0.2, 0.25) is 0 Å². The monoisotopic (exact) mass is 235 g/mol. The van der Waals surface area contributed by atoms with E-state index in [4.69, 9.17) is 9.47 Å². The van der Waals surface area contributed by atoms with Crippen LogP contribution in [0.15, 0.2) is 30.3 Å². The molecule has 2 nitrogen and oxygen atoms in total. The first kappa shape index (κ1) is 14.2. The Hall–Kier alpha value is -0.860. The van der Waals surface area contributed by atoms with Crippen LogP contribution in [0.1, 0.15) is 33.3 Å². The molecule has 1 aromatic carbocycles. The Kier molecular flexibility index (Phi) is 5.66. The van der Waals surface area contributed by atoms with Crippen molar-refractivity contribution in [1.82, 2.24) is 0 Å². The molecule has 0 fully saturated rings. The highest BCUT2D eigenvalue weighted by Gasteiger charge is 2.32. The quantitative estimate of drug-likeness (QED) is 0.715. The molecule has 0 aliphatic heterocycles. The number of ether oxygens (including phenoxy) is 2. The van der Waals surface area contributed by atoms with Crippen LogP contribution in [-0.4, -0.2) is 13.2 Å². The Labute approximate surface area is 105 Å². The first-order chi connectivity index (χ1) is 8.10. The third kappa shape index (κ3) is 4.49. The van der Waals surface area contributed by atoms with Gasteiger partial charge in [0.25, 0.3) is 0 Å². The highest BCUT2D eigenvalue weighted by atomic mass is 16.7. The molecule has 1 rings (SSSR count). The summed E-state index contributed by atoms with van der Waals surface area (Å²) in [7, 11) is 0. The molecular weight excluding hydrogens is 212 g/mol. The van der Waals surface area contributed by atoms with Crippen molar-refractivity contribution < 1.29 is 9.47 Å². The molecule has 0 aliphatic rings. The topological polar surface area (TPSA) is 18.5 Å². The summed E-state index contributed by atoms with van der Waals surface area (Å²) in [4.78, 5) is 0. The van der Waals surface area contributed by atoms with Crippen LogP contribution in [0.4, 0.5) is 0 Å². The Morgan fingerprint density at radius 2 is 1.53 bits per heavy atom. The minimum Gasteiger partial charge on any atom is -0.345 e. The van der Waals surface area contributed by atoms with E-state index in [1.54, 1.807) is 0 Å².